The third kappa shape index (κ3) is 1.72. The Kier molecular flexibility index (Phi) is 2.41. The number of nitrogens with two attached hydrogens (primary N) is 1. The van der Waals surface area contributed by atoms with Crippen molar-refractivity contribution in [3.8, 4) is 0 Å². The van der Waals surface area contributed by atoms with E-state index in [4.69, 9.17) is 5.73 Å². The van der Waals surface area contributed by atoms with Crippen molar-refractivity contribution in [1.29, 1.82) is 0 Å². The maximum atomic E-state index is 10.8. The Hall–Kier alpha value is -1.10. The van der Waals surface area contributed by atoms with Gasteiger partial charge in [-0.15, -0.1) is 11.3 Å². The number of rotatable bonds is 3. The van der Waals surface area contributed by atoms with E-state index in [0.29, 0.717) is 17.7 Å². The van der Waals surface area contributed by atoms with Crippen LogP contribution < -0.4 is 11.1 Å². The minimum absolute atomic E-state index is 0.351. The first-order chi connectivity index (χ1) is 6.66. The van der Waals surface area contributed by atoms with Crippen LogP contribution >= 0.6 is 11.3 Å². The summed E-state index contributed by atoms with van der Waals surface area (Å²) in [5, 5.41) is 5.79. The third-order valence-corrected chi connectivity index (χ3v) is 3.46. The standard InChI is InChI=1S/C9H13N3OS/c1-5-2-3-6(5)11-9-12-7(4-14-9)8(10)13/h4-6H,2-3H2,1H3,(H2,10,13)(H,11,12). The summed E-state index contributed by atoms with van der Waals surface area (Å²) in [5.74, 6) is 0.242. The van der Waals surface area contributed by atoms with Crippen LogP contribution in [0.5, 0.6) is 0 Å². The smallest absolute Gasteiger partial charge is 0.268 e. The summed E-state index contributed by atoms with van der Waals surface area (Å²) in [7, 11) is 0. The highest BCUT2D eigenvalue weighted by molar-refractivity contribution is 7.13. The van der Waals surface area contributed by atoms with E-state index in [2.05, 4.69) is 17.2 Å². The molecule has 0 aromatic carbocycles. The largest absolute Gasteiger partial charge is 0.364 e. The summed E-state index contributed by atoms with van der Waals surface area (Å²) in [6, 6.07) is 0.516. The second-order valence-corrected chi connectivity index (χ2v) is 4.57. The lowest BCUT2D eigenvalue weighted by molar-refractivity contribution is 0.0996. The molecule has 1 aromatic heterocycles. The zero-order valence-corrected chi connectivity index (χ0v) is 8.80. The zero-order chi connectivity index (χ0) is 10.1. The van der Waals surface area contributed by atoms with Gasteiger partial charge in [0.25, 0.3) is 5.91 Å². The van der Waals surface area contributed by atoms with Gasteiger partial charge in [-0.2, -0.15) is 0 Å². The molecule has 1 fully saturated rings. The molecule has 2 rings (SSSR count). The molecule has 1 saturated carbocycles. The fraction of sp³-hybridized carbons (Fsp3) is 0.556. The molecule has 2 unspecified atom stereocenters. The number of thiazole rings is 1. The molecular formula is C9H13N3OS. The maximum absolute atomic E-state index is 10.8. The molecular weight excluding hydrogens is 198 g/mol. The molecule has 4 nitrogen and oxygen atoms in total. The number of anilines is 1. The molecule has 0 bridgehead atoms. The van der Waals surface area contributed by atoms with Crippen molar-refractivity contribution in [2.75, 3.05) is 5.32 Å². The molecule has 5 heteroatoms. The summed E-state index contributed by atoms with van der Waals surface area (Å²) < 4.78 is 0. The first-order valence-corrected chi connectivity index (χ1v) is 5.56. The van der Waals surface area contributed by atoms with Gasteiger partial charge in [-0.05, 0) is 18.8 Å². The van der Waals surface area contributed by atoms with E-state index in [1.165, 1.54) is 24.2 Å². The van der Waals surface area contributed by atoms with Crippen LogP contribution in [-0.4, -0.2) is 16.9 Å². The number of hydrogen-bond acceptors (Lipinski definition) is 4. The molecule has 3 N–H and O–H groups in total. The van der Waals surface area contributed by atoms with E-state index in [-0.39, 0.29) is 0 Å². The van der Waals surface area contributed by atoms with E-state index >= 15 is 0 Å². The Labute approximate surface area is 86.5 Å². The van der Waals surface area contributed by atoms with Gasteiger partial charge in [-0.25, -0.2) is 4.98 Å². The summed E-state index contributed by atoms with van der Waals surface area (Å²) in [4.78, 5) is 14.9. The van der Waals surface area contributed by atoms with Gasteiger partial charge in [0, 0.05) is 11.4 Å². The highest BCUT2D eigenvalue weighted by Gasteiger charge is 2.27. The predicted octanol–water partition coefficient (Wildman–Crippen LogP) is 1.45. The number of amides is 1. The minimum Gasteiger partial charge on any atom is -0.364 e. The normalized spacial score (nSPS) is 25.5. The van der Waals surface area contributed by atoms with Crippen LogP contribution in [0, 0.1) is 5.92 Å². The van der Waals surface area contributed by atoms with Gasteiger partial charge in [0.05, 0.1) is 0 Å². The van der Waals surface area contributed by atoms with Crippen molar-refractivity contribution in [2.45, 2.75) is 25.8 Å². The molecule has 76 valence electrons. The molecule has 1 amide bonds. The molecule has 0 aliphatic heterocycles. The van der Waals surface area contributed by atoms with Gasteiger partial charge in [0.1, 0.15) is 5.69 Å². The van der Waals surface area contributed by atoms with Gasteiger partial charge in [0.15, 0.2) is 5.13 Å². The van der Waals surface area contributed by atoms with Crippen LogP contribution in [0.1, 0.15) is 30.3 Å². The Morgan fingerprint density at radius 1 is 1.71 bits per heavy atom. The van der Waals surface area contributed by atoms with E-state index in [9.17, 15) is 4.79 Å². The van der Waals surface area contributed by atoms with Crippen LogP contribution in [-0.2, 0) is 0 Å². The molecule has 2 atom stereocenters. The summed E-state index contributed by atoms with van der Waals surface area (Å²) in [6.45, 7) is 2.21. The van der Waals surface area contributed by atoms with E-state index < -0.39 is 5.91 Å². The Bertz CT molecular complexity index is 350. The second-order valence-electron chi connectivity index (χ2n) is 3.71. The van der Waals surface area contributed by atoms with Crippen molar-refractivity contribution in [3.05, 3.63) is 11.1 Å². The molecule has 1 aromatic rings. The molecule has 0 radical (unpaired) electrons. The van der Waals surface area contributed by atoms with Crippen molar-refractivity contribution < 1.29 is 4.79 Å². The Morgan fingerprint density at radius 2 is 2.50 bits per heavy atom. The van der Waals surface area contributed by atoms with Crippen molar-refractivity contribution in [1.82, 2.24) is 4.98 Å². The monoisotopic (exact) mass is 211 g/mol. The minimum atomic E-state index is -0.462. The first kappa shape index (κ1) is 9.45. The van der Waals surface area contributed by atoms with Crippen LogP contribution in [0.2, 0.25) is 0 Å². The highest BCUT2D eigenvalue weighted by Crippen LogP contribution is 2.30. The zero-order valence-electron chi connectivity index (χ0n) is 7.99. The van der Waals surface area contributed by atoms with Crippen LogP contribution in [0.25, 0.3) is 0 Å². The number of carbonyl (C=O) groups is 1. The summed E-state index contributed by atoms with van der Waals surface area (Å²) in [5.41, 5.74) is 5.46. The van der Waals surface area contributed by atoms with Gasteiger partial charge < -0.3 is 11.1 Å². The van der Waals surface area contributed by atoms with Crippen molar-refractivity contribution in [3.63, 3.8) is 0 Å². The number of carbonyl (C=O) groups excluding carboxylic acids is 1. The SMILES string of the molecule is CC1CCC1Nc1nc(C(N)=O)cs1. The fourth-order valence-electron chi connectivity index (χ4n) is 1.49. The first-order valence-electron chi connectivity index (χ1n) is 4.68. The van der Waals surface area contributed by atoms with Crippen molar-refractivity contribution in [2.24, 2.45) is 11.7 Å². The lowest BCUT2D eigenvalue weighted by Gasteiger charge is -2.34. The topological polar surface area (TPSA) is 68.0 Å². The number of hydrogen-bond donors (Lipinski definition) is 2. The highest BCUT2D eigenvalue weighted by atomic mass is 32.1. The van der Waals surface area contributed by atoms with E-state index in [1.54, 1.807) is 5.38 Å². The predicted molar refractivity (Wildman–Crippen MR) is 56.4 cm³/mol. The molecule has 1 aliphatic rings. The van der Waals surface area contributed by atoms with Crippen LogP contribution in [0.4, 0.5) is 5.13 Å². The van der Waals surface area contributed by atoms with Crippen LogP contribution in [0.15, 0.2) is 5.38 Å². The van der Waals surface area contributed by atoms with Gasteiger partial charge in [-0.1, -0.05) is 6.92 Å². The lowest BCUT2D eigenvalue weighted by atomic mass is 9.81. The third-order valence-electron chi connectivity index (χ3n) is 2.69. The summed E-state index contributed by atoms with van der Waals surface area (Å²) >= 11 is 1.43. The van der Waals surface area contributed by atoms with Crippen molar-refractivity contribution >= 4 is 22.4 Å². The Balaban J connectivity index is 1.99. The fourth-order valence-corrected chi connectivity index (χ4v) is 2.26. The molecule has 0 spiro atoms. The average molecular weight is 211 g/mol. The number of nitrogens with zero attached hydrogens (tertiary/aromatic N) is 1. The van der Waals surface area contributed by atoms with E-state index in [1.807, 2.05) is 0 Å². The van der Waals surface area contributed by atoms with E-state index in [0.717, 1.165) is 5.13 Å². The maximum Gasteiger partial charge on any atom is 0.268 e. The number of nitrogens with one attached hydrogen (secondary N) is 1. The lowest BCUT2D eigenvalue weighted by Crippen LogP contribution is -2.36. The molecule has 1 heterocycles. The quantitative estimate of drug-likeness (QED) is 0.795. The number of aromatic nitrogens is 1. The summed E-state index contributed by atoms with van der Waals surface area (Å²) in [6.07, 6.45) is 2.46. The second kappa shape index (κ2) is 3.57. The molecule has 14 heavy (non-hydrogen) atoms. The van der Waals surface area contributed by atoms with Crippen LogP contribution in [0.3, 0.4) is 0 Å². The van der Waals surface area contributed by atoms with Gasteiger partial charge in [0.2, 0.25) is 0 Å². The molecule has 0 saturated heterocycles. The molecule has 1 aliphatic carbocycles. The average Bonchev–Trinajstić information content (AvgIpc) is 2.60. The number of primary amides is 1. The van der Waals surface area contributed by atoms with Gasteiger partial charge in [-0.3, -0.25) is 4.79 Å². The Morgan fingerprint density at radius 3 is 2.93 bits per heavy atom. The van der Waals surface area contributed by atoms with Gasteiger partial charge >= 0.3 is 0 Å².